The maximum atomic E-state index is 13.7. The number of aryl methyl sites for hydroxylation is 1. The summed E-state index contributed by atoms with van der Waals surface area (Å²) in [5.74, 6) is 0.280. The van der Waals surface area contributed by atoms with Crippen LogP contribution in [0.2, 0.25) is 0 Å². The Kier molecular flexibility index (Phi) is 8.56. The SMILES string of the molecule is Cc1ccc(C(=O)N2CC(N(Cc3ccc([N+](=O)[O-])cc3)CC(C)C)CC2C(=O)N2CCNCC2)cc1. The average molecular weight is 508 g/mol. The number of amides is 2. The summed E-state index contributed by atoms with van der Waals surface area (Å²) in [4.78, 5) is 44.0. The second-order valence-electron chi connectivity index (χ2n) is 10.6. The molecule has 2 aliphatic heterocycles. The summed E-state index contributed by atoms with van der Waals surface area (Å²) < 4.78 is 0. The van der Waals surface area contributed by atoms with Crippen LogP contribution in [0, 0.1) is 23.0 Å². The van der Waals surface area contributed by atoms with Crippen molar-refractivity contribution in [2.75, 3.05) is 39.3 Å². The molecule has 0 bridgehead atoms. The third-order valence-corrected chi connectivity index (χ3v) is 7.20. The van der Waals surface area contributed by atoms with E-state index in [0.717, 1.165) is 30.8 Å². The lowest BCUT2D eigenvalue weighted by molar-refractivity contribution is -0.384. The van der Waals surface area contributed by atoms with Gasteiger partial charge in [-0.05, 0) is 37.0 Å². The Bertz CT molecular complexity index is 1100. The molecule has 2 saturated heterocycles. The lowest BCUT2D eigenvalue weighted by Gasteiger charge is -2.32. The average Bonchev–Trinajstić information content (AvgIpc) is 3.34. The summed E-state index contributed by atoms with van der Waals surface area (Å²) in [5, 5.41) is 14.4. The number of hydrogen-bond donors (Lipinski definition) is 1. The van der Waals surface area contributed by atoms with E-state index in [1.165, 1.54) is 12.1 Å². The van der Waals surface area contributed by atoms with Gasteiger partial charge in [0.25, 0.3) is 11.6 Å². The van der Waals surface area contributed by atoms with Gasteiger partial charge in [0.2, 0.25) is 5.91 Å². The maximum Gasteiger partial charge on any atom is 0.269 e. The number of benzene rings is 2. The number of carbonyl (C=O) groups is 2. The standard InChI is InChI=1S/C28H37N5O4/c1-20(2)17-31(18-22-6-10-24(11-7-22)33(36)37)25-16-26(28(35)30-14-12-29-13-15-30)32(19-25)27(34)23-8-4-21(3)5-9-23/h4-11,20,25-26,29H,12-19H2,1-3H3. The van der Waals surface area contributed by atoms with Gasteiger partial charge in [0.05, 0.1) is 4.92 Å². The summed E-state index contributed by atoms with van der Waals surface area (Å²) in [5.41, 5.74) is 2.71. The molecule has 2 aromatic rings. The van der Waals surface area contributed by atoms with Crippen LogP contribution >= 0.6 is 0 Å². The van der Waals surface area contributed by atoms with Crippen molar-refractivity contribution in [3.05, 3.63) is 75.3 Å². The molecule has 2 atom stereocenters. The fourth-order valence-electron chi connectivity index (χ4n) is 5.26. The Morgan fingerprint density at radius 3 is 2.32 bits per heavy atom. The van der Waals surface area contributed by atoms with Crippen molar-refractivity contribution in [1.82, 2.24) is 20.0 Å². The van der Waals surface area contributed by atoms with E-state index < -0.39 is 11.0 Å². The van der Waals surface area contributed by atoms with Crippen molar-refractivity contribution in [3.8, 4) is 0 Å². The molecule has 1 N–H and O–H groups in total. The van der Waals surface area contributed by atoms with Gasteiger partial charge in [0, 0.05) is 69.6 Å². The monoisotopic (exact) mass is 507 g/mol. The molecule has 0 radical (unpaired) electrons. The van der Waals surface area contributed by atoms with E-state index in [2.05, 4.69) is 24.1 Å². The quantitative estimate of drug-likeness (QED) is 0.436. The molecule has 2 aromatic carbocycles. The lowest BCUT2D eigenvalue weighted by Crippen LogP contribution is -2.53. The van der Waals surface area contributed by atoms with Crippen molar-refractivity contribution in [3.63, 3.8) is 0 Å². The van der Waals surface area contributed by atoms with E-state index in [1.54, 1.807) is 17.0 Å². The van der Waals surface area contributed by atoms with Crippen LogP contribution in [0.5, 0.6) is 0 Å². The molecular weight excluding hydrogens is 470 g/mol. The predicted molar refractivity (Wildman–Crippen MR) is 142 cm³/mol. The van der Waals surface area contributed by atoms with Crippen LogP contribution in [0.3, 0.4) is 0 Å². The van der Waals surface area contributed by atoms with E-state index in [0.29, 0.717) is 44.1 Å². The number of rotatable bonds is 8. The van der Waals surface area contributed by atoms with Crippen molar-refractivity contribution in [2.24, 2.45) is 5.92 Å². The molecule has 2 heterocycles. The van der Waals surface area contributed by atoms with Crippen molar-refractivity contribution < 1.29 is 14.5 Å². The lowest BCUT2D eigenvalue weighted by atomic mass is 10.1. The Labute approximate surface area is 218 Å². The van der Waals surface area contributed by atoms with Gasteiger partial charge in [-0.3, -0.25) is 24.6 Å². The Morgan fingerprint density at radius 1 is 1.08 bits per heavy atom. The molecule has 198 valence electrons. The molecule has 9 nitrogen and oxygen atoms in total. The van der Waals surface area contributed by atoms with Gasteiger partial charge in [0.1, 0.15) is 6.04 Å². The molecule has 2 amide bonds. The van der Waals surface area contributed by atoms with Crippen LogP contribution in [-0.4, -0.2) is 82.8 Å². The fraction of sp³-hybridized carbons (Fsp3) is 0.500. The van der Waals surface area contributed by atoms with Crippen LogP contribution in [0.4, 0.5) is 5.69 Å². The first-order valence-corrected chi connectivity index (χ1v) is 13.1. The van der Waals surface area contributed by atoms with Gasteiger partial charge in [-0.1, -0.05) is 43.7 Å². The number of nitrogens with zero attached hydrogens (tertiary/aromatic N) is 4. The van der Waals surface area contributed by atoms with Gasteiger partial charge < -0.3 is 15.1 Å². The summed E-state index contributed by atoms with van der Waals surface area (Å²) in [7, 11) is 0. The summed E-state index contributed by atoms with van der Waals surface area (Å²) in [6.45, 7) is 10.9. The first-order chi connectivity index (χ1) is 17.7. The highest BCUT2D eigenvalue weighted by Crippen LogP contribution is 2.28. The topological polar surface area (TPSA) is 99.0 Å². The first-order valence-electron chi connectivity index (χ1n) is 13.1. The molecular formula is C28H37N5O4. The van der Waals surface area contributed by atoms with Crippen LogP contribution in [0.25, 0.3) is 0 Å². The summed E-state index contributed by atoms with van der Waals surface area (Å²) in [6.07, 6.45) is 0.570. The van der Waals surface area contributed by atoms with Gasteiger partial charge in [-0.25, -0.2) is 0 Å². The molecule has 0 aromatic heterocycles. The summed E-state index contributed by atoms with van der Waals surface area (Å²) in [6, 6.07) is 13.6. The molecule has 2 aliphatic rings. The minimum atomic E-state index is -0.511. The number of nitrogens with one attached hydrogen (secondary N) is 1. The Hall–Kier alpha value is -3.30. The highest BCUT2D eigenvalue weighted by molar-refractivity contribution is 5.98. The van der Waals surface area contributed by atoms with E-state index >= 15 is 0 Å². The van der Waals surface area contributed by atoms with Crippen LogP contribution in [0.1, 0.15) is 41.8 Å². The zero-order valence-corrected chi connectivity index (χ0v) is 21.9. The van der Waals surface area contributed by atoms with E-state index in [1.807, 2.05) is 36.1 Å². The van der Waals surface area contributed by atoms with Crippen LogP contribution in [-0.2, 0) is 11.3 Å². The number of non-ortho nitro benzene ring substituents is 1. The zero-order valence-electron chi connectivity index (χ0n) is 21.9. The highest BCUT2D eigenvalue weighted by atomic mass is 16.6. The second-order valence-corrected chi connectivity index (χ2v) is 10.6. The molecule has 2 unspecified atom stereocenters. The van der Waals surface area contributed by atoms with E-state index in [9.17, 15) is 19.7 Å². The summed E-state index contributed by atoms with van der Waals surface area (Å²) >= 11 is 0. The largest absolute Gasteiger partial charge is 0.338 e. The zero-order chi connectivity index (χ0) is 26.5. The van der Waals surface area contributed by atoms with Gasteiger partial charge in [-0.2, -0.15) is 0 Å². The van der Waals surface area contributed by atoms with Gasteiger partial charge >= 0.3 is 0 Å². The molecule has 0 saturated carbocycles. The number of hydrogen-bond acceptors (Lipinski definition) is 6. The third kappa shape index (κ3) is 6.53. The second kappa shape index (κ2) is 11.8. The van der Waals surface area contributed by atoms with Crippen molar-refractivity contribution >= 4 is 17.5 Å². The van der Waals surface area contributed by atoms with Gasteiger partial charge in [-0.15, -0.1) is 0 Å². The smallest absolute Gasteiger partial charge is 0.269 e. The number of likely N-dealkylation sites (tertiary alicyclic amines) is 1. The van der Waals surface area contributed by atoms with E-state index in [-0.39, 0.29) is 23.5 Å². The van der Waals surface area contributed by atoms with Gasteiger partial charge in [0.15, 0.2) is 0 Å². The first kappa shape index (κ1) is 26.8. The molecule has 37 heavy (non-hydrogen) atoms. The Balaban J connectivity index is 1.59. The molecule has 2 fully saturated rings. The number of nitro groups is 1. The number of nitro benzene ring substituents is 1. The van der Waals surface area contributed by atoms with E-state index in [4.69, 9.17) is 0 Å². The fourth-order valence-corrected chi connectivity index (χ4v) is 5.26. The van der Waals surface area contributed by atoms with Crippen molar-refractivity contribution in [2.45, 2.75) is 45.8 Å². The normalized spacial score (nSPS) is 20.0. The highest BCUT2D eigenvalue weighted by Gasteiger charge is 2.43. The van der Waals surface area contributed by atoms with Crippen molar-refractivity contribution in [1.29, 1.82) is 0 Å². The Morgan fingerprint density at radius 2 is 1.73 bits per heavy atom. The molecule has 0 aliphatic carbocycles. The number of piperazine rings is 1. The molecule has 9 heteroatoms. The predicted octanol–water partition coefficient (Wildman–Crippen LogP) is 3.08. The number of carbonyl (C=O) groups excluding carboxylic acids is 2. The van der Waals surface area contributed by atoms with Crippen LogP contribution < -0.4 is 5.32 Å². The third-order valence-electron chi connectivity index (χ3n) is 7.20. The van der Waals surface area contributed by atoms with Crippen LogP contribution in [0.15, 0.2) is 48.5 Å². The molecule has 0 spiro atoms. The molecule has 4 rings (SSSR count). The minimum absolute atomic E-state index is 0.00357. The minimum Gasteiger partial charge on any atom is -0.338 e. The maximum absolute atomic E-state index is 13.7.